The van der Waals surface area contributed by atoms with E-state index < -0.39 is 0 Å². The smallest absolute Gasteiger partial charge is 0.246 e. The number of aromatic nitrogens is 5. The summed E-state index contributed by atoms with van der Waals surface area (Å²) in [5, 5.41) is 13.4. The zero-order chi connectivity index (χ0) is 18.3. The van der Waals surface area contributed by atoms with Crippen LogP contribution in [0.15, 0.2) is 0 Å². The maximum atomic E-state index is 12.9. The number of hydrogen-bond acceptors (Lipinski definition) is 4. The summed E-state index contributed by atoms with van der Waals surface area (Å²) in [7, 11) is 0. The minimum absolute atomic E-state index is 0.175. The predicted molar refractivity (Wildman–Crippen MR) is 95.1 cm³/mol. The summed E-state index contributed by atoms with van der Waals surface area (Å²) < 4.78 is 4.02. The van der Waals surface area contributed by atoms with Gasteiger partial charge in [-0.05, 0) is 45.6 Å². The number of hydrogen-bond donors (Lipinski definition) is 0. The third-order valence-corrected chi connectivity index (χ3v) is 5.19. The largest absolute Gasteiger partial charge is 0.334 e. The number of amides is 1. The van der Waals surface area contributed by atoms with Crippen molar-refractivity contribution in [2.45, 2.75) is 67.1 Å². The highest BCUT2D eigenvalue weighted by molar-refractivity contribution is 5.81. The minimum atomic E-state index is -0.216. The summed E-state index contributed by atoms with van der Waals surface area (Å²) in [6.45, 7) is 14.2. The molecule has 0 bridgehead atoms. The lowest BCUT2D eigenvalue weighted by atomic mass is 10.0. The third kappa shape index (κ3) is 3.07. The van der Waals surface area contributed by atoms with Crippen molar-refractivity contribution in [2.75, 3.05) is 6.54 Å². The van der Waals surface area contributed by atoms with Gasteiger partial charge in [-0.2, -0.15) is 5.10 Å². The van der Waals surface area contributed by atoms with Crippen LogP contribution in [0.3, 0.4) is 0 Å². The van der Waals surface area contributed by atoms with Crippen LogP contribution >= 0.6 is 0 Å². The maximum absolute atomic E-state index is 12.9. The van der Waals surface area contributed by atoms with Crippen LogP contribution in [-0.4, -0.2) is 41.9 Å². The number of fused-ring (bicyclic) bond motifs is 1. The van der Waals surface area contributed by atoms with Gasteiger partial charge in [-0.25, -0.2) is 0 Å². The number of carbonyl (C=O) groups is 1. The molecule has 3 rings (SSSR count). The second kappa shape index (κ2) is 6.61. The highest BCUT2D eigenvalue weighted by Crippen LogP contribution is 2.29. The van der Waals surface area contributed by atoms with E-state index in [0.29, 0.717) is 25.6 Å². The summed E-state index contributed by atoms with van der Waals surface area (Å²) in [6, 6.07) is -0.216. The van der Waals surface area contributed by atoms with Crippen molar-refractivity contribution in [2.24, 2.45) is 5.92 Å². The van der Waals surface area contributed by atoms with E-state index in [0.717, 1.165) is 29.5 Å². The molecular formula is C18H28N6O. The molecule has 1 atom stereocenters. The number of nitrogens with zero attached hydrogens (tertiary/aromatic N) is 6. The predicted octanol–water partition coefficient (Wildman–Crippen LogP) is 2.40. The fourth-order valence-electron chi connectivity index (χ4n) is 3.50. The Morgan fingerprint density at radius 2 is 1.92 bits per heavy atom. The quantitative estimate of drug-likeness (QED) is 0.835. The van der Waals surface area contributed by atoms with Gasteiger partial charge < -0.3 is 4.90 Å². The average molecular weight is 344 g/mol. The standard InChI is InChI=1S/C18H28N6O/c1-7-22-9-16-19-20-17(10-23-14(6)12(4)13(5)21-23)24(16)15(18(22)25)8-11(2)3/h11,15H,7-10H2,1-6H3/t15-/m0/s1. The van der Waals surface area contributed by atoms with E-state index in [-0.39, 0.29) is 11.9 Å². The van der Waals surface area contributed by atoms with E-state index in [2.05, 4.69) is 47.6 Å². The minimum Gasteiger partial charge on any atom is -0.334 e. The molecule has 7 nitrogen and oxygen atoms in total. The lowest BCUT2D eigenvalue weighted by Crippen LogP contribution is -2.43. The van der Waals surface area contributed by atoms with Crippen LogP contribution in [0, 0.1) is 26.7 Å². The van der Waals surface area contributed by atoms with Crippen molar-refractivity contribution < 1.29 is 4.79 Å². The van der Waals surface area contributed by atoms with Crippen LogP contribution in [0.25, 0.3) is 0 Å². The molecule has 7 heteroatoms. The Hall–Kier alpha value is -2.18. The molecule has 0 N–H and O–H groups in total. The van der Waals surface area contributed by atoms with Crippen LogP contribution in [0.2, 0.25) is 0 Å². The molecule has 2 aromatic heterocycles. The molecule has 1 aliphatic heterocycles. The Morgan fingerprint density at radius 1 is 1.20 bits per heavy atom. The van der Waals surface area contributed by atoms with Gasteiger partial charge in [0.05, 0.1) is 12.2 Å². The van der Waals surface area contributed by atoms with Gasteiger partial charge in [-0.3, -0.25) is 14.0 Å². The topological polar surface area (TPSA) is 68.8 Å². The van der Waals surface area contributed by atoms with Gasteiger partial charge in [0.25, 0.3) is 0 Å². The molecule has 0 aliphatic carbocycles. The SMILES string of the molecule is CCN1Cc2nnc(Cn3nc(C)c(C)c3C)n2[C@@H](CC(C)C)C1=O. The molecule has 0 aromatic carbocycles. The molecule has 0 saturated carbocycles. The third-order valence-electron chi connectivity index (χ3n) is 5.19. The average Bonchev–Trinajstić information content (AvgIpc) is 3.06. The first-order chi connectivity index (χ1) is 11.8. The van der Waals surface area contributed by atoms with Crippen LogP contribution in [0.1, 0.15) is 61.8 Å². The van der Waals surface area contributed by atoms with E-state index in [1.807, 2.05) is 23.4 Å². The van der Waals surface area contributed by atoms with E-state index in [1.54, 1.807) is 0 Å². The van der Waals surface area contributed by atoms with Gasteiger partial charge in [0.15, 0.2) is 11.6 Å². The Balaban J connectivity index is 2.00. The van der Waals surface area contributed by atoms with Gasteiger partial charge in [0, 0.05) is 12.2 Å². The summed E-state index contributed by atoms with van der Waals surface area (Å²) >= 11 is 0. The van der Waals surface area contributed by atoms with Gasteiger partial charge in [0.2, 0.25) is 5.91 Å². The molecule has 2 aromatic rings. The lowest BCUT2D eigenvalue weighted by molar-refractivity contribution is -0.137. The van der Waals surface area contributed by atoms with Gasteiger partial charge in [0.1, 0.15) is 12.6 Å². The van der Waals surface area contributed by atoms with Crippen LogP contribution in [0.5, 0.6) is 0 Å². The zero-order valence-corrected chi connectivity index (χ0v) is 16.1. The number of likely N-dealkylation sites (N-methyl/N-ethyl adjacent to an activating group) is 1. The Kier molecular flexibility index (Phi) is 4.67. The van der Waals surface area contributed by atoms with Gasteiger partial charge in [-0.1, -0.05) is 13.8 Å². The van der Waals surface area contributed by atoms with Crippen molar-refractivity contribution in [3.05, 3.63) is 28.6 Å². The molecule has 0 saturated heterocycles. The van der Waals surface area contributed by atoms with Crippen molar-refractivity contribution in [3.63, 3.8) is 0 Å². The number of carbonyl (C=O) groups excluding carboxylic acids is 1. The summed E-state index contributed by atoms with van der Waals surface area (Å²) in [5.74, 6) is 2.29. The van der Waals surface area contributed by atoms with Gasteiger partial charge >= 0.3 is 0 Å². The second-order valence-electron chi connectivity index (χ2n) is 7.35. The molecule has 136 valence electrons. The Morgan fingerprint density at radius 3 is 2.48 bits per heavy atom. The van der Waals surface area contributed by atoms with Crippen molar-refractivity contribution in [1.29, 1.82) is 0 Å². The number of rotatable bonds is 5. The van der Waals surface area contributed by atoms with Crippen molar-refractivity contribution in [3.8, 4) is 0 Å². The summed E-state index contributed by atoms with van der Waals surface area (Å²) in [4.78, 5) is 14.8. The van der Waals surface area contributed by atoms with Crippen LogP contribution in [0.4, 0.5) is 0 Å². The molecule has 3 heterocycles. The van der Waals surface area contributed by atoms with Crippen LogP contribution in [-0.2, 0) is 17.9 Å². The molecule has 1 aliphatic rings. The molecule has 25 heavy (non-hydrogen) atoms. The first-order valence-electron chi connectivity index (χ1n) is 9.05. The van der Waals surface area contributed by atoms with Crippen LogP contribution < -0.4 is 0 Å². The molecular weight excluding hydrogens is 316 g/mol. The van der Waals surface area contributed by atoms with E-state index in [4.69, 9.17) is 0 Å². The number of aryl methyl sites for hydroxylation is 1. The normalized spacial score (nSPS) is 17.5. The van der Waals surface area contributed by atoms with Crippen molar-refractivity contribution in [1.82, 2.24) is 29.4 Å². The van der Waals surface area contributed by atoms with E-state index in [1.165, 1.54) is 5.56 Å². The van der Waals surface area contributed by atoms with Gasteiger partial charge in [-0.15, -0.1) is 10.2 Å². The first-order valence-corrected chi connectivity index (χ1v) is 9.05. The lowest BCUT2D eigenvalue weighted by Gasteiger charge is -2.34. The summed E-state index contributed by atoms with van der Waals surface area (Å²) in [5.41, 5.74) is 3.36. The molecule has 0 spiro atoms. The Labute approximate surface area is 149 Å². The molecule has 0 unspecified atom stereocenters. The first kappa shape index (κ1) is 17.6. The highest BCUT2D eigenvalue weighted by Gasteiger charge is 2.35. The van der Waals surface area contributed by atoms with E-state index >= 15 is 0 Å². The fourth-order valence-corrected chi connectivity index (χ4v) is 3.50. The highest BCUT2D eigenvalue weighted by atomic mass is 16.2. The second-order valence-corrected chi connectivity index (χ2v) is 7.35. The van der Waals surface area contributed by atoms with Crippen molar-refractivity contribution >= 4 is 5.91 Å². The fraction of sp³-hybridized carbons (Fsp3) is 0.667. The molecule has 1 amide bonds. The summed E-state index contributed by atoms with van der Waals surface area (Å²) in [6.07, 6.45) is 0.795. The molecule has 0 radical (unpaired) electrons. The van der Waals surface area contributed by atoms with E-state index in [9.17, 15) is 4.79 Å². The molecule has 0 fully saturated rings. The maximum Gasteiger partial charge on any atom is 0.246 e. The Bertz CT molecular complexity index is 788. The zero-order valence-electron chi connectivity index (χ0n) is 16.1. The monoisotopic (exact) mass is 344 g/mol.